The fraction of sp³-hybridized carbons (Fsp3) is 0.389. The van der Waals surface area contributed by atoms with Gasteiger partial charge in [-0.05, 0) is 50.5 Å². The molecule has 6 heteroatoms. The topological polar surface area (TPSA) is 69.0 Å². The number of anilines is 1. The van der Waals surface area contributed by atoms with Crippen LogP contribution in [-0.4, -0.2) is 30.0 Å². The lowest BCUT2D eigenvalue weighted by atomic mass is 10.0. The number of hydrogen-bond acceptors (Lipinski definition) is 5. The minimum Gasteiger partial charge on any atom is -0.356 e. The molecule has 5 nitrogen and oxygen atoms in total. The highest BCUT2D eigenvalue weighted by molar-refractivity contribution is 7.13. The molecule has 0 radical (unpaired) electrons. The fourth-order valence-corrected chi connectivity index (χ4v) is 3.72. The minimum absolute atomic E-state index is 0.0207. The zero-order chi connectivity index (χ0) is 17.1. The highest BCUT2D eigenvalue weighted by Gasteiger charge is 2.23. The van der Waals surface area contributed by atoms with Gasteiger partial charge in [0.25, 0.3) is 5.91 Å². The van der Waals surface area contributed by atoms with E-state index in [2.05, 4.69) is 21.3 Å². The number of thiophene rings is 1. The van der Waals surface area contributed by atoms with Crippen molar-refractivity contribution in [3.8, 4) is 6.07 Å². The van der Waals surface area contributed by atoms with Crippen LogP contribution in [0, 0.1) is 25.2 Å². The Bertz CT molecular complexity index is 785. The van der Waals surface area contributed by atoms with E-state index < -0.39 is 0 Å². The number of aromatic nitrogens is 1. The Hall–Kier alpha value is -2.39. The summed E-state index contributed by atoms with van der Waals surface area (Å²) in [6, 6.07) is 9.82. The predicted octanol–water partition coefficient (Wildman–Crippen LogP) is 3.03. The van der Waals surface area contributed by atoms with Crippen LogP contribution in [0.1, 0.15) is 38.6 Å². The molecule has 0 saturated carbocycles. The van der Waals surface area contributed by atoms with Crippen LogP contribution < -0.4 is 10.2 Å². The largest absolute Gasteiger partial charge is 0.356 e. The number of piperidine rings is 1. The Morgan fingerprint density at radius 3 is 2.67 bits per heavy atom. The second-order valence-corrected chi connectivity index (χ2v) is 7.38. The quantitative estimate of drug-likeness (QED) is 0.932. The van der Waals surface area contributed by atoms with Crippen LogP contribution in [0.15, 0.2) is 24.3 Å². The van der Waals surface area contributed by atoms with E-state index in [0.717, 1.165) is 47.1 Å². The average molecular weight is 340 g/mol. The fourth-order valence-electron chi connectivity index (χ4n) is 2.95. The minimum atomic E-state index is 0.0207. The number of pyridine rings is 1. The molecule has 3 heterocycles. The van der Waals surface area contributed by atoms with E-state index in [1.54, 1.807) is 6.07 Å². The van der Waals surface area contributed by atoms with Gasteiger partial charge >= 0.3 is 0 Å². The van der Waals surface area contributed by atoms with Gasteiger partial charge in [0.1, 0.15) is 17.6 Å². The molecular weight excluding hydrogens is 320 g/mol. The van der Waals surface area contributed by atoms with Crippen LogP contribution in [0.4, 0.5) is 5.82 Å². The van der Waals surface area contributed by atoms with E-state index in [0.29, 0.717) is 5.69 Å². The van der Waals surface area contributed by atoms with Crippen molar-refractivity contribution in [1.29, 1.82) is 5.26 Å². The maximum absolute atomic E-state index is 12.3. The molecule has 1 fully saturated rings. The number of amides is 1. The molecule has 24 heavy (non-hydrogen) atoms. The molecule has 0 spiro atoms. The van der Waals surface area contributed by atoms with Gasteiger partial charge in [-0.2, -0.15) is 5.26 Å². The van der Waals surface area contributed by atoms with Gasteiger partial charge < -0.3 is 10.2 Å². The SMILES string of the molecule is Cc1ccc(C(=O)NC2CCN(c3nc(C#N)ccc3C)CC2)s1. The van der Waals surface area contributed by atoms with Crippen molar-refractivity contribution < 1.29 is 4.79 Å². The van der Waals surface area contributed by atoms with E-state index in [1.807, 2.05) is 32.0 Å². The summed E-state index contributed by atoms with van der Waals surface area (Å²) >= 11 is 1.52. The van der Waals surface area contributed by atoms with Crippen molar-refractivity contribution in [1.82, 2.24) is 10.3 Å². The average Bonchev–Trinajstić information content (AvgIpc) is 3.03. The van der Waals surface area contributed by atoms with Gasteiger partial charge in [0.15, 0.2) is 0 Å². The summed E-state index contributed by atoms with van der Waals surface area (Å²) in [4.78, 5) is 20.8. The second kappa shape index (κ2) is 7.02. The zero-order valence-electron chi connectivity index (χ0n) is 13.9. The standard InChI is InChI=1S/C18H20N4OS/c1-12-3-5-15(11-19)20-17(12)22-9-7-14(8-10-22)21-18(23)16-6-4-13(2)24-16/h3-6,14H,7-10H2,1-2H3,(H,21,23). The molecule has 3 rings (SSSR count). The number of nitrogens with zero attached hydrogens (tertiary/aromatic N) is 3. The molecule has 0 unspecified atom stereocenters. The molecule has 1 N–H and O–H groups in total. The number of nitriles is 1. The molecule has 1 amide bonds. The summed E-state index contributed by atoms with van der Waals surface area (Å²) in [6.45, 7) is 5.68. The maximum atomic E-state index is 12.3. The Balaban J connectivity index is 1.60. The van der Waals surface area contributed by atoms with Gasteiger partial charge in [0.05, 0.1) is 4.88 Å². The Morgan fingerprint density at radius 1 is 1.29 bits per heavy atom. The van der Waals surface area contributed by atoms with E-state index in [4.69, 9.17) is 5.26 Å². The van der Waals surface area contributed by atoms with Crippen LogP contribution in [0.5, 0.6) is 0 Å². The van der Waals surface area contributed by atoms with Crippen LogP contribution in [-0.2, 0) is 0 Å². The molecule has 2 aromatic rings. The lowest BCUT2D eigenvalue weighted by Gasteiger charge is -2.33. The summed E-state index contributed by atoms with van der Waals surface area (Å²) in [5.41, 5.74) is 1.52. The van der Waals surface area contributed by atoms with Crippen molar-refractivity contribution in [2.24, 2.45) is 0 Å². The van der Waals surface area contributed by atoms with Gasteiger partial charge in [-0.1, -0.05) is 6.07 Å². The molecule has 1 aliphatic heterocycles. The number of carbonyl (C=O) groups is 1. The van der Waals surface area contributed by atoms with Gasteiger partial charge in [-0.15, -0.1) is 11.3 Å². The highest BCUT2D eigenvalue weighted by atomic mass is 32.1. The van der Waals surface area contributed by atoms with Crippen LogP contribution in [0.25, 0.3) is 0 Å². The van der Waals surface area contributed by atoms with Gasteiger partial charge in [-0.3, -0.25) is 4.79 Å². The molecule has 1 aliphatic rings. The molecular formula is C18H20N4OS. The molecule has 1 saturated heterocycles. The smallest absolute Gasteiger partial charge is 0.261 e. The summed E-state index contributed by atoms with van der Waals surface area (Å²) in [6.07, 6.45) is 1.77. The number of nitrogens with one attached hydrogen (secondary N) is 1. The van der Waals surface area contributed by atoms with Gasteiger partial charge in [0, 0.05) is 24.0 Å². The number of hydrogen-bond donors (Lipinski definition) is 1. The Labute approximate surface area is 145 Å². The van der Waals surface area contributed by atoms with Gasteiger partial charge in [-0.25, -0.2) is 4.98 Å². The number of carbonyl (C=O) groups excluding carboxylic acids is 1. The molecule has 2 aromatic heterocycles. The molecule has 0 aromatic carbocycles. The first-order valence-corrected chi connectivity index (χ1v) is 8.88. The van der Waals surface area contributed by atoms with Crippen LogP contribution in [0.3, 0.4) is 0 Å². The summed E-state index contributed by atoms with van der Waals surface area (Å²) in [5.74, 6) is 0.903. The van der Waals surface area contributed by atoms with E-state index in [-0.39, 0.29) is 11.9 Å². The monoisotopic (exact) mass is 340 g/mol. The third-order valence-corrected chi connectivity index (χ3v) is 5.28. The third-order valence-electron chi connectivity index (χ3n) is 4.28. The van der Waals surface area contributed by atoms with Crippen LogP contribution >= 0.6 is 11.3 Å². The first kappa shape index (κ1) is 16.5. The Kier molecular flexibility index (Phi) is 4.81. The molecule has 0 bridgehead atoms. The van der Waals surface area contributed by atoms with Gasteiger partial charge in [0.2, 0.25) is 0 Å². The van der Waals surface area contributed by atoms with E-state index in [1.165, 1.54) is 11.3 Å². The predicted molar refractivity (Wildman–Crippen MR) is 95.4 cm³/mol. The highest BCUT2D eigenvalue weighted by Crippen LogP contribution is 2.23. The van der Waals surface area contributed by atoms with Crippen molar-refractivity contribution >= 4 is 23.1 Å². The van der Waals surface area contributed by atoms with E-state index >= 15 is 0 Å². The Morgan fingerprint density at radius 2 is 2.04 bits per heavy atom. The molecule has 0 aliphatic carbocycles. The third kappa shape index (κ3) is 3.57. The normalized spacial score (nSPS) is 15.1. The first-order valence-electron chi connectivity index (χ1n) is 8.07. The summed E-state index contributed by atoms with van der Waals surface area (Å²) in [7, 11) is 0. The van der Waals surface area contributed by atoms with Crippen molar-refractivity contribution in [2.45, 2.75) is 32.7 Å². The molecule has 124 valence electrons. The maximum Gasteiger partial charge on any atom is 0.261 e. The second-order valence-electron chi connectivity index (χ2n) is 6.09. The van der Waals surface area contributed by atoms with Crippen molar-refractivity contribution in [3.63, 3.8) is 0 Å². The number of rotatable bonds is 3. The van der Waals surface area contributed by atoms with Crippen molar-refractivity contribution in [3.05, 3.63) is 45.3 Å². The lowest BCUT2D eigenvalue weighted by molar-refractivity contribution is 0.0935. The summed E-state index contributed by atoms with van der Waals surface area (Å²) in [5, 5.41) is 12.2. The first-order chi connectivity index (χ1) is 11.6. The van der Waals surface area contributed by atoms with Crippen LogP contribution in [0.2, 0.25) is 0 Å². The lowest BCUT2D eigenvalue weighted by Crippen LogP contribution is -2.45. The summed E-state index contributed by atoms with van der Waals surface area (Å²) < 4.78 is 0. The molecule has 0 atom stereocenters. The zero-order valence-corrected chi connectivity index (χ0v) is 14.7. The van der Waals surface area contributed by atoms with Crippen molar-refractivity contribution in [2.75, 3.05) is 18.0 Å². The van der Waals surface area contributed by atoms with E-state index in [9.17, 15) is 4.79 Å². The number of aryl methyl sites for hydroxylation is 2.